The molecule has 0 spiro atoms. The minimum absolute atomic E-state index is 0.158. The van der Waals surface area contributed by atoms with Crippen molar-refractivity contribution in [3.63, 3.8) is 0 Å². The number of halogens is 2. The van der Waals surface area contributed by atoms with Gasteiger partial charge in [-0.1, -0.05) is 6.07 Å². The number of hydrogen-bond donors (Lipinski definition) is 2. The maximum atomic E-state index is 13.2. The van der Waals surface area contributed by atoms with Gasteiger partial charge in [0.1, 0.15) is 17.3 Å². The van der Waals surface area contributed by atoms with E-state index in [0.717, 1.165) is 12.1 Å². The zero-order valence-electron chi connectivity index (χ0n) is 10.3. The van der Waals surface area contributed by atoms with E-state index in [1.807, 2.05) is 0 Å². The Kier molecular flexibility index (Phi) is 5.51. The minimum Gasteiger partial charge on any atom is -0.383 e. The van der Waals surface area contributed by atoms with Crippen molar-refractivity contribution in [2.75, 3.05) is 25.6 Å². The van der Waals surface area contributed by atoms with Crippen LogP contribution >= 0.6 is 0 Å². The number of ether oxygens (including phenoxy) is 1. The van der Waals surface area contributed by atoms with Gasteiger partial charge < -0.3 is 15.4 Å². The molecular formula is C12H16F2N2O2. The summed E-state index contributed by atoms with van der Waals surface area (Å²) >= 11 is 0. The van der Waals surface area contributed by atoms with E-state index in [4.69, 9.17) is 4.74 Å². The van der Waals surface area contributed by atoms with Gasteiger partial charge in [-0.25, -0.2) is 8.78 Å². The third-order valence-electron chi connectivity index (χ3n) is 2.21. The first-order chi connectivity index (χ1) is 8.54. The van der Waals surface area contributed by atoms with E-state index in [9.17, 15) is 13.6 Å². The number of methoxy groups -OCH3 is 1. The van der Waals surface area contributed by atoms with Crippen LogP contribution in [0, 0.1) is 11.6 Å². The Morgan fingerprint density at radius 1 is 1.39 bits per heavy atom. The quantitative estimate of drug-likeness (QED) is 0.813. The van der Waals surface area contributed by atoms with E-state index in [1.165, 1.54) is 13.2 Å². The number of rotatable bonds is 6. The van der Waals surface area contributed by atoms with Gasteiger partial charge >= 0.3 is 0 Å². The molecule has 100 valence electrons. The topological polar surface area (TPSA) is 50.4 Å². The number of hydrogen-bond acceptors (Lipinski definition) is 3. The van der Waals surface area contributed by atoms with Gasteiger partial charge in [0.05, 0.1) is 13.2 Å². The average Bonchev–Trinajstić information content (AvgIpc) is 2.28. The third kappa shape index (κ3) is 4.29. The lowest BCUT2D eigenvalue weighted by molar-refractivity contribution is -0.120. The van der Waals surface area contributed by atoms with Gasteiger partial charge in [0.15, 0.2) is 0 Å². The number of amides is 1. The van der Waals surface area contributed by atoms with Crippen LogP contribution in [0.3, 0.4) is 0 Å². The van der Waals surface area contributed by atoms with E-state index < -0.39 is 11.6 Å². The van der Waals surface area contributed by atoms with E-state index in [1.54, 1.807) is 6.92 Å². The molecule has 0 bridgehead atoms. The van der Waals surface area contributed by atoms with Crippen molar-refractivity contribution in [1.82, 2.24) is 5.32 Å². The Bertz CT molecular complexity index is 393. The average molecular weight is 258 g/mol. The number of carbonyl (C=O) groups is 1. The highest BCUT2D eigenvalue weighted by atomic mass is 19.1. The fraction of sp³-hybridized carbons (Fsp3) is 0.417. The van der Waals surface area contributed by atoms with Crippen LogP contribution in [0.2, 0.25) is 0 Å². The number of para-hydroxylation sites is 1. The van der Waals surface area contributed by atoms with Gasteiger partial charge in [-0.15, -0.1) is 0 Å². The largest absolute Gasteiger partial charge is 0.383 e. The molecule has 6 heteroatoms. The molecule has 0 aliphatic rings. The van der Waals surface area contributed by atoms with Crippen molar-refractivity contribution in [2.45, 2.75) is 13.0 Å². The van der Waals surface area contributed by atoms with Crippen LogP contribution in [0.5, 0.6) is 0 Å². The van der Waals surface area contributed by atoms with Crippen LogP contribution in [-0.2, 0) is 9.53 Å². The van der Waals surface area contributed by atoms with E-state index in [0.29, 0.717) is 6.61 Å². The molecule has 0 aliphatic carbocycles. The fourth-order valence-electron chi connectivity index (χ4n) is 1.45. The Labute approximate surface area is 104 Å². The Hall–Kier alpha value is -1.69. The molecular weight excluding hydrogens is 242 g/mol. The second-order valence-corrected chi connectivity index (χ2v) is 3.87. The van der Waals surface area contributed by atoms with Crippen LogP contribution in [0.4, 0.5) is 14.5 Å². The summed E-state index contributed by atoms with van der Waals surface area (Å²) in [7, 11) is 1.52. The van der Waals surface area contributed by atoms with E-state index in [-0.39, 0.29) is 24.2 Å². The molecule has 1 aromatic carbocycles. The molecule has 1 amide bonds. The van der Waals surface area contributed by atoms with Crippen molar-refractivity contribution in [2.24, 2.45) is 0 Å². The monoisotopic (exact) mass is 258 g/mol. The van der Waals surface area contributed by atoms with Gasteiger partial charge in [-0.3, -0.25) is 4.79 Å². The van der Waals surface area contributed by atoms with Gasteiger partial charge in [0.25, 0.3) is 0 Å². The second kappa shape index (κ2) is 6.90. The van der Waals surface area contributed by atoms with E-state index in [2.05, 4.69) is 10.6 Å². The molecule has 2 N–H and O–H groups in total. The number of carbonyl (C=O) groups excluding carboxylic acids is 1. The predicted octanol–water partition coefficient (Wildman–Crippen LogP) is 1.53. The lowest BCUT2D eigenvalue weighted by Crippen LogP contribution is -2.39. The molecule has 0 aliphatic heterocycles. The number of benzene rings is 1. The summed E-state index contributed by atoms with van der Waals surface area (Å²) in [5, 5.41) is 5.04. The molecule has 1 rings (SSSR count). The Morgan fingerprint density at radius 3 is 2.56 bits per heavy atom. The zero-order valence-corrected chi connectivity index (χ0v) is 10.3. The van der Waals surface area contributed by atoms with Crippen LogP contribution in [0.25, 0.3) is 0 Å². The lowest BCUT2D eigenvalue weighted by atomic mass is 10.3. The number of nitrogens with one attached hydrogen (secondary N) is 2. The maximum Gasteiger partial charge on any atom is 0.239 e. The van der Waals surface area contributed by atoms with Gasteiger partial charge in [0, 0.05) is 13.2 Å². The molecule has 1 unspecified atom stereocenters. The molecule has 0 aromatic heterocycles. The highest BCUT2D eigenvalue weighted by Crippen LogP contribution is 2.17. The second-order valence-electron chi connectivity index (χ2n) is 3.87. The summed E-state index contributed by atoms with van der Waals surface area (Å²) in [6, 6.07) is 3.35. The first-order valence-electron chi connectivity index (χ1n) is 5.50. The van der Waals surface area contributed by atoms with Crippen LogP contribution in [-0.4, -0.2) is 32.2 Å². The smallest absolute Gasteiger partial charge is 0.239 e. The molecule has 0 fully saturated rings. The van der Waals surface area contributed by atoms with Gasteiger partial charge in [0.2, 0.25) is 5.91 Å². The maximum absolute atomic E-state index is 13.2. The Balaban J connectivity index is 2.48. The van der Waals surface area contributed by atoms with Crippen LogP contribution < -0.4 is 10.6 Å². The molecule has 0 saturated carbocycles. The Morgan fingerprint density at radius 2 is 2.00 bits per heavy atom. The minimum atomic E-state index is -0.729. The standard InChI is InChI=1S/C12H16F2N2O2/c1-8(7-18-2)16-11(17)6-15-12-9(13)4-3-5-10(12)14/h3-5,8,15H,6-7H2,1-2H3,(H,16,17). The van der Waals surface area contributed by atoms with Crippen molar-refractivity contribution >= 4 is 11.6 Å². The summed E-state index contributed by atoms with van der Waals surface area (Å²) in [6.07, 6.45) is 0. The van der Waals surface area contributed by atoms with Gasteiger partial charge in [-0.05, 0) is 19.1 Å². The summed E-state index contributed by atoms with van der Waals surface area (Å²) in [4.78, 5) is 11.5. The van der Waals surface area contributed by atoms with Crippen molar-refractivity contribution in [3.05, 3.63) is 29.8 Å². The number of anilines is 1. The summed E-state index contributed by atoms with van der Waals surface area (Å²) < 4.78 is 31.3. The molecule has 0 heterocycles. The third-order valence-corrected chi connectivity index (χ3v) is 2.21. The first kappa shape index (κ1) is 14.4. The van der Waals surface area contributed by atoms with Crippen molar-refractivity contribution < 1.29 is 18.3 Å². The van der Waals surface area contributed by atoms with E-state index >= 15 is 0 Å². The highest BCUT2D eigenvalue weighted by molar-refractivity contribution is 5.81. The summed E-state index contributed by atoms with van der Waals surface area (Å²) in [5.74, 6) is -1.82. The molecule has 1 atom stereocenters. The molecule has 0 saturated heterocycles. The predicted molar refractivity (Wildman–Crippen MR) is 64.3 cm³/mol. The summed E-state index contributed by atoms with van der Waals surface area (Å²) in [5.41, 5.74) is -0.299. The van der Waals surface area contributed by atoms with Crippen LogP contribution in [0.15, 0.2) is 18.2 Å². The molecule has 0 radical (unpaired) electrons. The summed E-state index contributed by atoms with van der Waals surface area (Å²) in [6.45, 7) is 1.94. The SMILES string of the molecule is COCC(C)NC(=O)CNc1c(F)cccc1F. The molecule has 1 aromatic rings. The zero-order chi connectivity index (χ0) is 13.5. The van der Waals surface area contributed by atoms with Crippen molar-refractivity contribution in [1.29, 1.82) is 0 Å². The highest BCUT2D eigenvalue weighted by Gasteiger charge is 2.11. The normalized spacial score (nSPS) is 12.0. The molecule has 4 nitrogen and oxygen atoms in total. The van der Waals surface area contributed by atoms with Gasteiger partial charge in [-0.2, -0.15) is 0 Å². The fourth-order valence-corrected chi connectivity index (χ4v) is 1.45. The van der Waals surface area contributed by atoms with Crippen molar-refractivity contribution in [3.8, 4) is 0 Å². The first-order valence-corrected chi connectivity index (χ1v) is 5.50. The lowest BCUT2D eigenvalue weighted by Gasteiger charge is -2.13. The molecule has 18 heavy (non-hydrogen) atoms. The van der Waals surface area contributed by atoms with Crippen LogP contribution in [0.1, 0.15) is 6.92 Å².